The van der Waals surface area contributed by atoms with Crippen LogP contribution < -0.4 is 4.72 Å². The third-order valence-electron chi connectivity index (χ3n) is 4.58. The summed E-state index contributed by atoms with van der Waals surface area (Å²) in [6.45, 7) is 6.26. The van der Waals surface area contributed by atoms with E-state index in [1.54, 1.807) is 35.0 Å². The molecule has 0 saturated heterocycles. The average molecular weight is 407 g/mol. The van der Waals surface area contributed by atoms with E-state index in [2.05, 4.69) is 30.6 Å². The molecule has 148 valence electrons. The van der Waals surface area contributed by atoms with Gasteiger partial charge in [0.15, 0.2) is 11.5 Å². The summed E-state index contributed by atoms with van der Waals surface area (Å²) in [5.74, 6) is 0.251. The fourth-order valence-corrected chi connectivity index (χ4v) is 4.06. The van der Waals surface area contributed by atoms with Crippen LogP contribution in [0, 0.1) is 0 Å². The van der Waals surface area contributed by atoms with Gasteiger partial charge < -0.3 is 0 Å². The first-order valence-electron chi connectivity index (χ1n) is 9.29. The van der Waals surface area contributed by atoms with Gasteiger partial charge in [-0.15, -0.1) is 5.10 Å². The summed E-state index contributed by atoms with van der Waals surface area (Å²) in [5, 5.41) is 5.20. The van der Waals surface area contributed by atoms with Gasteiger partial charge >= 0.3 is 0 Å². The van der Waals surface area contributed by atoms with Crippen molar-refractivity contribution in [2.45, 2.75) is 31.1 Å². The number of sulfonamides is 1. The molecule has 0 amide bonds. The van der Waals surface area contributed by atoms with Crippen molar-refractivity contribution in [2.75, 3.05) is 4.72 Å². The Kier molecular flexibility index (Phi) is 4.62. The summed E-state index contributed by atoms with van der Waals surface area (Å²) in [7, 11) is -3.77. The number of benzene rings is 2. The minimum absolute atomic E-state index is 0.149. The molecule has 6 nitrogen and oxygen atoms in total. The summed E-state index contributed by atoms with van der Waals surface area (Å²) in [6, 6.07) is 21.6. The van der Waals surface area contributed by atoms with E-state index in [4.69, 9.17) is 4.98 Å². The number of anilines is 1. The molecule has 7 heteroatoms. The van der Waals surface area contributed by atoms with Gasteiger partial charge in [0.05, 0.1) is 16.0 Å². The molecule has 0 unspecified atom stereocenters. The normalized spacial score (nSPS) is 12.2. The standard InChI is InChI=1S/C22H22N4O2S/c1-22(2,3)19-15-14-18-20(25-29(27,28)17-12-8-5-9-13-17)24-26(21(18)23-19)16-10-6-4-7-11-16/h4-15H,1-3H3,(H,24,25). The Labute approximate surface area is 170 Å². The number of hydrogen-bond donors (Lipinski definition) is 1. The van der Waals surface area contributed by atoms with Crippen LogP contribution in [0.1, 0.15) is 26.5 Å². The number of nitrogens with zero attached hydrogens (tertiary/aromatic N) is 3. The lowest BCUT2D eigenvalue weighted by atomic mass is 9.91. The van der Waals surface area contributed by atoms with Crippen molar-refractivity contribution >= 4 is 26.9 Å². The third kappa shape index (κ3) is 3.73. The molecule has 0 saturated carbocycles. The first kappa shape index (κ1) is 19.1. The van der Waals surface area contributed by atoms with E-state index in [0.717, 1.165) is 11.4 Å². The Morgan fingerprint density at radius 1 is 0.862 bits per heavy atom. The largest absolute Gasteiger partial charge is 0.263 e. The molecule has 0 aliphatic carbocycles. The molecule has 2 heterocycles. The zero-order valence-corrected chi connectivity index (χ0v) is 17.3. The Morgan fingerprint density at radius 3 is 2.10 bits per heavy atom. The van der Waals surface area contributed by atoms with Crippen molar-refractivity contribution in [2.24, 2.45) is 0 Å². The van der Waals surface area contributed by atoms with Gasteiger partial charge in [0.2, 0.25) is 0 Å². The Bertz CT molecular complexity index is 1260. The molecule has 29 heavy (non-hydrogen) atoms. The van der Waals surface area contributed by atoms with Crippen molar-refractivity contribution in [3.63, 3.8) is 0 Å². The van der Waals surface area contributed by atoms with Crippen LogP contribution >= 0.6 is 0 Å². The number of fused-ring (bicyclic) bond motifs is 1. The lowest BCUT2D eigenvalue weighted by Crippen LogP contribution is -2.14. The van der Waals surface area contributed by atoms with Crippen LogP contribution in [0.5, 0.6) is 0 Å². The predicted molar refractivity (Wildman–Crippen MR) is 115 cm³/mol. The van der Waals surface area contributed by atoms with Crippen LogP contribution in [0.3, 0.4) is 0 Å². The molecule has 0 spiro atoms. The molecule has 2 aromatic heterocycles. The Hall–Kier alpha value is -3.19. The highest BCUT2D eigenvalue weighted by Crippen LogP contribution is 2.29. The number of aromatic nitrogens is 3. The van der Waals surface area contributed by atoms with Crippen LogP contribution in [0.4, 0.5) is 5.82 Å². The van der Waals surface area contributed by atoms with Crippen LogP contribution in [0.25, 0.3) is 16.7 Å². The van der Waals surface area contributed by atoms with Crippen molar-refractivity contribution in [3.05, 3.63) is 78.5 Å². The number of rotatable bonds is 4. The maximum absolute atomic E-state index is 12.8. The van der Waals surface area contributed by atoms with E-state index < -0.39 is 10.0 Å². The van der Waals surface area contributed by atoms with E-state index in [1.807, 2.05) is 42.5 Å². The summed E-state index contributed by atoms with van der Waals surface area (Å²) in [4.78, 5) is 4.99. The van der Waals surface area contributed by atoms with E-state index in [0.29, 0.717) is 11.0 Å². The lowest BCUT2D eigenvalue weighted by molar-refractivity contribution is 0.570. The second-order valence-electron chi connectivity index (χ2n) is 7.83. The first-order chi connectivity index (χ1) is 13.8. The molecule has 0 aliphatic rings. The smallest absolute Gasteiger partial charge is 0.261 e. The zero-order chi connectivity index (χ0) is 20.6. The van der Waals surface area contributed by atoms with Gasteiger partial charge in [-0.05, 0) is 36.4 Å². The lowest BCUT2D eigenvalue weighted by Gasteiger charge is -2.17. The molecule has 0 radical (unpaired) electrons. The Balaban J connectivity index is 1.89. The molecular weight excluding hydrogens is 384 g/mol. The predicted octanol–water partition coefficient (Wildman–Crippen LogP) is 4.52. The number of hydrogen-bond acceptors (Lipinski definition) is 4. The number of pyridine rings is 1. The highest BCUT2D eigenvalue weighted by atomic mass is 32.2. The van der Waals surface area contributed by atoms with Crippen LogP contribution in [-0.4, -0.2) is 23.2 Å². The minimum Gasteiger partial charge on any atom is -0.261 e. The van der Waals surface area contributed by atoms with Gasteiger partial charge in [-0.3, -0.25) is 4.72 Å². The summed E-state index contributed by atoms with van der Waals surface area (Å²) >= 11 is 0. The second kappa shape index (κ2) is 7.00. The highest BCUT2D eigenvalue weighted by molar-refractivity contribution is 7.92. The van der Waals surface area contributed by atoms with E-state index in [-0.39, 0.29) is 16.1 Å². The fourth-order valence-electron chi connectivity index (χ4n) is 3.02. The first-order valence-corrected chi connectivity index (χ1v) is 10.8. The van der Waals surface area contributed by atoms with Crippen LogP contribution in [0.15, 0.2) is 77.7 Å². The zero-order valence-electron chi connectivity index (χ0n) is 16.5. The molecule has 1 N–H and O–H groups in total. The molecule has 0 bridgehead atoms. The molecule has 0 aliphatic heterocycles. The van der Waals surface area contributed by atoms with Gasteiger partial charge in [-0.25, -0.2) is 18.1 Å². The molecule has 0 atom stereocenters. The van der Waals surface area contributed by atoms with E-state index in [9.17, 15) is 8.42 Å². The van der Waals surface area contributed by atoms with E-state index in [1.165, 1.54) is 0 Å². The van der Waals surface area contributed by atoms with E-state index >= 15 is 0 Å². The topological polar surface area (TPSA) is 76.9 Å². The molecule has 0 fully saturated rings. The average Bonchev–Trinajstić information content (AvgIpc) is 3.06. The number of nitrogens with one attached hydrogen (secondary N) is 1. The van der Waals surface area contributed by atoms with Gasteiger partial charge in [0, 0.05) is 11.1 Å². The summed E-state index contributed by atoms with van der Waals surface area (Å²) in [6.07, 6.45) is 0. The highest BCUT2D eigenvalue weighted by Gasteiger charge is 2.22. The number of para-hydroxylation sites is 1. The van der Waals surface area contributed by atoms with Crippen LogP contribution in [-0.2, 0) is 15.4 Å². The van der Waals surface area contributed by atoms with Gasteiger partial charge in [-0.1, -0.05) is 57.2 Å². The maximum Gasteiger partial charge on any atom is 0.263 e. The van der Waals surface area contributed by atoms with Crippen molar-refractivity contribution in [1.82, 2.24) is 14.8 Å². The van der Waals surface area contributed by atoms with Gasteiger partial charge in [-0.2, -0.15) is 0 Å². The monoisotopic (exact) mass is 406 g/mol. The Morgan fingerprint density at radius 2 is 1.48 bits per heavy atom. The van der Waals surface area contributed by atoms with Gasteiger partial charge in [0.1, 0.15) is 0 Å². The molecule has 4 aromatic rings. The fraction of sp³-hybridized carbons (Fsp3) is 0.182. The molecule has 4 rings (SSSR count). The molecule has 2 aromatic carbocycles. The summed E-state index contributed by atoms with van der Waals surface area (Å²) < 4.78 is 30.0. The molecular formula is C22H22N4O2S. The minimum atomic E-state index is -3.77. The van der Waals surface area contributed by atoms with Crippen molar-refractivity contribution < 1.29 is 8.42 Å². The third-order valence-corrected chi connectivity index (χ3v) is 5.94. The van der Waals surface area contributed by atoms with Crippen LogP contribution in [0.2, 0.25) is 0 Å². The summed E-state index contributed by atoms with van der Waals surface area (Å²) in [5.41, 5.74) is 2.17. The SMILES string of the molecule is CC(C)(C)c1ccc2c(NS(=O)(=O)c3ccccc3)nn(-c3ccccc3)c2n1. The maximum atomic E-state index is 12.8. The second-order valence-corrected chi connectivity index (χ2v) is 9.51. The quantitative estimate of drug-likeness (QED) is 0.541. The van der Waals surface area contributed by atoms with Crippen molar-refractivity contribution in [3.8, 4) is 5.69 Å². The van der Waals surface area contributed by atoms with Crippen molar-refractivity contribution in [1.29, 1.82) is 0 Å². The van der Waals surface area contributed by atoms with Gasteiger partial charge in [0.25, 0.3) is 10.0 Å².